The Balaban J connectivity index is 1.84. The molecule has 0 amide bonds. The number of nitro groups is 1. The molecule has 1 heterocycles. The van der Waals surface area contributed by atoms with E-state index in [-0.39, 0.29) is 36.7 Å². The molecule has 1 aliphatic heterocycles. The molecule has 3 rings (SSSR count). The summed E-state index contributed by atoms with van der Waals surface area (Å²) in [6, 6.07) is 12.9. The molecule has 0 aromatic heterocycles. The van der Waals surface area contributed by atoms with Crippen molar-refractivity contribution in [3.05, 3.63) is 92.3 Å². The van der Waals surface area contributed by atoms with E-state index in [0.29, 0.717) is 29.1 Å². The Morgan fingerprint density at radius 1 is 1.05 bits per heavy atom. The first-order chi connectivity index (χ1) is 18.7. The van der Waals surface area contributed by atoms with Crippen molar-refractivity contribution in [2.75, 3.05) is 26.9 Å². The van der Waals surface area contributed by atoms with Gasteiger partial charge in [0.15, 0.2) is 6.29 Å². The van der Waals surface area contributed by atoms with Crippen molar-refractivity contribution in [2.24, 2.45) is 0 Å². The number of carbonyl (C=O) groups excluding carboxylic acids is 2. The molecule has 11 heteroatoms. The Labute approximate surface area is 226 Å². The van der Waals surface area contributed by atoms with Gasteiger partial charge >= 0.3 is 11.9 Å². The zero-order chi connectivity index (χ0) is 28.5. The summed E-state index contributed by atoms with van der Waals surface area (Å²) in [5.74, 6) is -1.87. The number of benzene rings is 2. The smallest absolute Gasteiger partial charge is 0.339 e. The van der Waals surface area contributed by atoms with Gasteiger partial charge in [-0.1, -0.05) is 24.3 Å². The lowest BCUT2D eigenvalue weighted by Gasteiger charge is -2.30. The highest BCUT2D eigenvalue weighted by Gasteiger charge is 2.39. The summed E-state index contributed by atoms with van der Waals surface area (Å²) in [4.78, 5) is 37.5. The van der Waals surface area contributed by atoms with Gasteiger partial charge in [-0.15, -0.1) is 0 Å². The average molecular weight is 541 g/mol. The van der Waals surface area contributed by atoms with Crippen molar-refractivity contribution >= 4 is 17.6 Å². The first kappa shape index (κ1) is 29.3. The van der Waals surface area contributed by atoms with Crippen molar-refractivity contribution in [1.29, 1.82) is 0 Å². The predicted octanol–water partition coefficient (Wildman–Crippen LogP) is 3.52. The van der Waals surface area contributed by atoms with Crippen molar-refractivity contribution in [1.82, 2.24) is 5.32 Å². The summed E-state index contributed by atoms with van der Waals surface area (Å²) >= 11 is 0. The topological polar surface area (TPSA) is 146 Å². The lowest BCUT2D eigenvalue weighted by Crippen LogP contribution is -2.34. The van der Waals surface area contributed by atoms with E-state index >= 15 is 0 Å². The first-order valence-corrected chi connectivity index (χ1v) is 12.3. The molecular formula is C28H32N2O9. The quantitative estimate of drug-likeness (QED) is 0.135. The molecule has 2 atom stereocenters. The zero-order valence-corrected chi connectivity index (χ0v) is 22.3. The lowest BCUT2D eigenvalue weighted by atomic mass is 9.80. The van der Waals surface area contributed by atoms with Crippen molar-refractivity contribution in [3.8, 4) is 5.75 Å². The molecule has 0 fully saturated rings. The molecule has 0 saturated heterocycles. The standard InChI is InChI=1S/C28H32N2O9/c1-17-24(27(32)38-15-14-37-23-10-8-20(9-11-23)12-13-31)26(21-6-5-7-22(16-21)30(34)35)25(18(2)29-17)28(33)39-19(3)36-4/h5-11,16,19,26,29,31H,12-15H2,1-4H3. The van der Waals surface area contributed by atoms with Crippen LogP contribution in [0, 0.1) is 10.1 Å². The second kappa shape index (κ2) is 13.5. The predicted molar refractivity (Wildman–Crippen MR) is 141 cm³/mol. The van der Waals surface area contributed by atoms with Gasteiger partial charge in [0.25, 0.3) is 5.69 Å². The Kier molecular flexibility index (Phi) is 10.2. The number of rotatable bonds is 12. The normalized spacial score (nSPS) is 15.9. The number of carbonyl (C=O) groups is 2. The minimum Gasteiger partial charge on any atom is -0.490 e. The van der Waals surface area contributed by atoms with Crippen LogP contribution in [0.15, 0.2) is 71.1 Å². The van der Waals surface area contributed by atoms with Crippen LogP contribution < -0.4 is 10.1 Å². The van der Waals surface area contributed by atoms with Gasteiger partial charge in [-0.25, -0.2) is 9.59 Å². The highest BCUT2D eigenvalue weighted by Crippen LogP contribution is 2.40. The summed E-state index contributed by atoms with van der Waals surface area (Å²) in [6.07, 6.45) is -0.319. The molecule has 0 saturated carbocycles. The van der Waals surface area contributed by atoms with Crippen LogP contribution >= 0.6 is 0 Å². The fraction of sp³-hybridized carbons (Fsp3) is 0.357. The SMILES string of the molecule is COC(C)OC(=O)C1=C(C)NC(C)=C(C(=O)OCCOc2ccc(CCO)cc2)C1c1cccc([N+](=O)[O-])c1. The molecule has 0 radical (unpaired) electrons. The first-order valence-electron chi connectivity index (χ1n) is 12.3. The number of non-ortho nitro benzene ring substituents is 1. The monoisotopic (exact) mass is 540 g/mol. The Bertz CT molecular complexity index is 1270. The Hall–Kier alpha value is -4.22. The van der Waals surface area contributed by atoms with Crippen LogP contribution in [-0.2, 0) is 30.2 Å². The van der Waals surface area contributed by atoms with Gasteiger partial charge < -0.3 is 29.4 Å². The third kappa shape index (κ3) is 7.43. The molecule has 0 bridgehead atoms. The number of allylic oxidation sites excluding steroid dienone is 2. The Morgan fingerprint density at radius 3 is 2.33 bits per heavy atom. The van der Waals surface area contributed by atoms with Gasteiger partial charge in [-0.05, 0) is 50.5 Å². The number of nitrogens with zero attached hydrogens (tertiary/aromatic N) is 1. The number of aliphatic hydroxyl groups excluding tert-OH is 1. The third-order valence-corrected chi connectivity index (χ3v) is 6.13. The molecule has 2 aromatic rings. The van der Waals surface area contributed by atoms with Crippen molar-refractivity contribution in [2.45, 2.75) is 39.4 Å². The zero-order valence-electron chi connectivity index (χ0n) is 22.3. The fourth-order valence-electron chi connectivity index (χ4n) is 4.20. The molecule has 0 aliphatic carbocycles. The summed E-state index contributed by atoms with van der Waals surface area (Å²) in [5, 5.41) is 23.5. The molecule has 39 heavy (non-hydrogen) atoms. The number of nitrogens with one attached hydrogen (secondary N) is 1. The maximum Gasteiger partial charge on any atom is 0.339 e. The molecule has 11 nitrogen and oxygen atoms in total. The highest BCUT2D eigenvalue weighted by atomic mass is 16.7. The highest BCUT2D eigenvalue weighted by molar-refractivity contribution is 6.00. The minimum atomic E-state index is -0.991. The molecular weight excluding hydrogens is 508 g/mol. The fourth-order valence-corrected chi connectivity index (χ4v) is 4.20. The summed E-state index contributed by atoms with van der Waals surface area (Å²) < 4.78 is 21.6. The number of hydrogen-bond acceptors (Lipinski definition) is 10. The van der Waals surface area contributed by atoms with Crippen molar-refractivity contribution in [3.63, 3.8) is 0 Å². The lowest BCUT2D eigenvalue weighted by molar-refractivity contribution is -0.384. The van der Waals surface area contributed by atoms with Gasteiger partial charge in [-0.2, -0.15) is 0 Å². The van der Waals surface area contributed by atoms with E-state index in [2.05, 4.69) is 5.32 Å². The number of hydrogen-bond donors (Lipinski definition) is 2. The van der Waals surface area contributed by atoms with E-state index in [1.807, 2.05) is 12.1 Å². The van der Waals surface area contributed by atoms with E-state index in [4.69, 9.17) is 24.1 Å². The summed E-state index contributed by atoms with van der Waals surface area (Å²) in [6.45, 7) is 4.90. The number of aliphatic hydroxyl groups is 1. The second-order valence-corrected chi connectivity index (χ2v) is 8.80. The van der Waals surface area contributed by atoms with Crippen LogP contribution in [0.25, 0.3) is 0 Å². The van der Waals surface area contributed by atoms with Gasteiger partial charge in [0.1, 0.15) is 19.0 Å². The number of nitro benzene ring substituents is 1. The van der Waals surface area contributed by atoms with Gasteiger partial charge in [-0.3, -0.25) is 10.1 Å². The molecule has 208 valence electrons. The van der Waals surface area contributed by atoms with E-state index in [1.54, 1.807) is 39.0 Å². The summed E-state index contributed by atoms with van der Waals surface area (Å²) in [5.41, 5.74) is 2.22. The van der Waals surface area contributed by atoms with Crippen LogP contribution in [-0.4, -0.2) is 55.2 Å². The van der Waals surface area contributed by atoms with Crippen molar-refractivity contribution < 1.29 is 38.6 Å². The van der Waals surface area contributed by atoms with Crippen LogP contribution in [0.4, 0.5) is 5.69 Å². The maximum absolute atomic E-state index is 13.4. The Morgan fingerprint density at radius 2 is 1.72 bits per heavy atom. The van der Waals surface area contributed by atoms with E-state index < -0.39 is 29.1 Å². The summed E-state index contributed by atoms with van der Waals surface area (Å²) in [7, 11) is 1.38. The molecule has 2 aromatic carbocycles. The number of dihydropyridines is 1. The van der Waals surface area contributed by atoms with Gasteiger partial charge in [0.2, 0.25) is 0 Å². The van der Waals surface area contributed by atoms with Crippen LogP contribution in [0.5, 0.6) is 5.75 Å². The third-order valence-electron chi connectivity index (χ3n) is 6.13. The maximum atomic E-state index is 13.4. The van der Waals surface area contributed by atoms with E-state index in [9.17, 15) is 19.7 Å². The minimum absolute atomic E-state index is 0.0527. The van der Waals surface area contributed by atoms with Crippen LogP contribution in [0.1, 0.15) is 37.8 Å². The second-order valence-electron chi connectivity index (χ2n) is 8.80. The molecule has 2 N–H and O–H groups in total. The van der Waals surface area contributed by atoms with E-state index in [1.165, 1.54) is 25.3 Å². The average Bonchev–Trinajstić information content (AvgIpc) is 2.91. The number of esters is 2. The van der Waals surface area contributed by atoms with E-state index in [0.717, 1.165) is 5.56 Å². The molecule has 1 aliphatic rings. The number of ether oxygens (including phenoxy) is 4. The van der Waals surface area contributed by atoms with Gasteiger partial charge in [0, 0.05) is 37.2 Å². The van der Waals surface area contributed by atoms with Crippen LogP contribution in [0.3, 0.4) is 0 Å². The largest absolute Gasteiger partial charge is 0.490 e. The molecule has 0 spiro atoms. The number of methoxy groups -OCH3 is 1. The molecule has 2 unspecified atom stereocenters. The van der Waals surface area contributed by atoms with Crippen LogP contribution in [0.2, 0.25) is 0 Å². The van der Waals surface area contributed by atoms with Gasteiger partial charge in [0.05, 0.1) is 22.0 Å².